The lowest BCUT2D eigenvalue weighted by Crippen LogP contribution is -2.47. The molecule has 4 rings (SSSR count). The molecule has 2 nitrogen and oxygen atoms in total. The van der Waals surface area contributed by atoms with E-state index in [1.807, 2.05) is 6.07 Å². The summed E-state index contributed by atoms with van der Waals surface area (Å²) < 4.78 is 0. The molecule has 0 spiro atoms. The molecule has 0 bridgehead atoms. The van der Waals surface area contributed by atoms with Crippen LogP contribution in [-0.2, 0) is 10.3 Å². The second kappa shape index (κ2) is 4.45. The zero-order valence-corrected chi connectivity index (χ0v) is 12.3. The number of hydrogen-bond donors (Lipinski definition) is 0. The summed E-state index contributed by atoms with van der Waals surface area (Å²) in [5.41, 5.74) is 3.90. The van der Waals surface area contributed by atoms with Crippen LogP contribution in [-0.4, -0.2) is 17.4 Å². The van der Waals surface area contributed by atoms with Crippen molar-refractivity contribution in [2.45, 2.75) is 31.2 Å². The van der Waals surface area contributed by atoms with Crippen molar-refractivity contribution < 1.29 is 4.79 Å². The molecule has 2 atom stereocenters. The zero-order valence-electron chi connectivity index (χ0n) is 12.3. The van der Waals surface area contributed by atoms with Crippen molar-refractivity contribution in [2.24, 2.45) is 0 Å². The molecular weight excluding hydrogens is 258 g/mol. The van der Waals surface area contributed by atoms with Crippen LogP contribution in [0.2, 0.25) is 0 Å². The van der Waals surface area contributed by atoms with E-state index < -0.39 is 0 Å². The van der Waals surface area contributed by atoms with Gasteiger partial charge in [-0.25, -0.2) is 0 Å². The molecule has 2 aliphatic rings. The van der Waals surface area contributed by atoms with Crippen LogP contribution in [0.4, 0.5) is 0 Å². The lowest BCUT2D eigenvalue weighted by molar-refractivity contribution is -0.131. The summed E-state index contributed by atoms with van der Waals surface area (Å²) in [6.07, 6.45) is 1.61. The van der Waals surface area contributed by atoms with Gasteiger partial charge in [-0.1, -0.05) is 54.6 Å². The number of carbonyl (C=O) groups is 1. The number of rotatable bonds is 1. The molecule has 2 aliphatic heterocycles. The molecule has 0 radical (unpaired) electrons. The Morgan fingerprint density at radius 1 is 1.05 bits per heavy atom. The quantitative estimate of drug-likeness (QED) is 0.779. The molecule has 0 N–H and O–H groups in total. The van der Waals surface area contributed by atoms with Gasteiger partial charge in [0.05, 0.1) is 5.54 Å². The first-order valence-electron chi connectivity index (χ1n) is 7.65. The Kier molecular flexibility index (Phi) is 2.68. The third-order valence-electron chi connectivity index (χ3n) is 5.21. The SMILES string of the molecule is C[C@@]12CCC(=O)N1C[C@@H](c1ccccc1)c1ccccc12. The topological polar surface area (TPSA) is 20.3 Å². The van der Waals surface area contributed by atoms with Gasteiger partial charge in [0.15, 0.2) is 0 Å². The molecule has 0 aliphatic carbocycles. The fourth-order valence-corrected chi connectivity index (χ4v) is 4.02. The number of carbonyl (C=O) groups excluding carboxylic acids is 1. The van der Waals surface area contributed by atoms with Crippen LogP contribution in [0.5, 0.6) is 0 Å². The van der Waals surface area contributed by atoms with Gasteiger partial charge in [0.2, 0.25) is 5.91 Å². The van der Waals surface area contributed by atoms with Crippen LogP contribution >= 0.6 is 0 Å². The molecule has 2 aromatic rings. The summed E-state index contributed by atoms with van der Waals surface area (Å²) in [5, 5.41) is 0. The van der Waals surface area contributed by atoms with Crippen LogP contribution in [0, 0.1) is 0 Å². The number of benzene rings is 2. The van der Waals surface area contributed by atoms with E-state index in [4.69, 9.17) is 0 Å². The standard InChI is InChI=1S/C19H19NO/c1-19-12-11-18(21)20(19)13-16(14-7-3-2-4-8-14)15-9-5-6-10-17(15)19/h2-10,16H,11-13H2,1H3/t16-,19-/m0/s1. The average molecular weight is 277 g/mol. The maximum atomic E-state index is 12.3. The second-order valence-electron chi connectivity index (χ2n) is 6.33. The highest BCUT2D eigenvalue weighted by Gasteiger charge is 2.48. The van der Waals surface area contributed by atoms with Crippen molar-refractivity contribution in [3.05, 3.63) is 71.3 Å². The molecule has 0 saturated carbocycles. The zero-order chi connectivity index (χ0) is 14.4. The van der Waals surface area contributed by atoms with Crippen molar-refractivity contribution in [1.82, 2.24) is 4.90 Å². The molecule has 0 aromatic heterocycles. The molecule has 1 fully saturated rings. The Morgan fingerprint density at radius 3 is 2.57 bits per heavy atom. The predicted molar refractivity (Wildman–Crippen MR) is 83.0 cm³/mol. The van der Waals surface area contributed by atoms with E-state index >= 15 is 0 Å². The number of nitrogens with zero attached hydrogens (tertiary/aromatic N) is 1. The van der Waals surface area contributed by atoms with Gasteiger partial charge in [-0.2, -0.15) is 0 Å². The van der Waals surface area contributed by atoms with E-state index in [1.54, 1.807) is 0 Å². The van der Waals surface area contributed by atoms with Gasteiger partial charge in [0.1, 0.15) is 0 Å². The first-order chi connectivity index (χ1) is 10.2. The Labute approximate surface area is 125 Å². The lowest BCUT2D eigenvalue weighted by Gasteiger charge is -2.45. The highest BCUT2D eigenvalue weighted by Crippen LogP contribution is 2.48. The minimum atomic E-state index is -0.112. The van der Waals surface area contributed by atoms with Crippen LogP contribution in [0.25, 0.3) is 0 Å². The van der Waals surface area contributed by atoms with Crippen LogP contribution < -0.4 is 0 Å². The number of amides is 1. The van der Waals surface area contributed by atoms with Crippen molar-refractivity contribution in [3.8, 4) is 0 Å². The van der Waals surface area contributed by atoms with Crippen LogP contribution in [0.15, 0.2) is 54.6 Å². The fourth-order valence-electron chi connectivity index (χ4n) is 4.02. The second-order valence-corrected chi connectivity index (χ2v) is 6.33. The molecule has 0 unspecified atom stereocenters. The lowest BCUT2D eigenvalue weighted by atomic mass is 9.75. The van der Waals surface area contributed by atoms with Gasteiger partial charge in [-0.05, 0) is 30.0 Å². The number of hydrogen-bond acceptors (Lipinski definition) is 1. The van der Waals surface area contributed by atoms with Crippen LogP contribution in [0.3, 0.4) is 0 Å². The van der Waals surface area contributed by atoms with E-state index in [-0.39, 0.29) is 11.5 Å². The Bertz CT molecular complexity index is 694. The van der Waals surface area contributed by atoms with E-state index in [1.165, 1.54) is 16.7 Å². The predicted octanol–water partition coefficient (Wildman–Crippen LogP) is 3.67. The van der Waals surface area contributed by atoms with Crippen LogP contribution in [0.1, 0.15) is 42.4 Å². The summed E-state index contributed by atoms with van der Waals surface area (Å²) in [5.74, 6) is 0.588. The highest BCUT2D eigenvalue weighted by molar-refractivity contribution is 5.81. The molecule has 106 valence electrons. The fraction of sp³-hybridized carbons (Fsp3) is 0.316. The van der Waals surface area contributed by atoms with E-state index in [0.717, 1.165) is 13.0 Å². The molecule has 21 heavy (non-hydrogen) atoms. The van der Waals surface area contributed by atoms with E-state index in [9.17, 15) is 4.79 Å². The van der Waals surface area contributed by atoms with Crippen molar-refractivity contribution in [1.29, 1.82) is 0 Å². The third-order valence-corrected chi connectivity index (χ3v) is 5.21. The van der Waals surface area contributed by atoms with Gasteiger partial charge >= 0.3 is 0 Å². The summed E-state index contributed by atoms with van der Waals surface area (Å²) in [7, 11) is 0. The highest BCUT2D eigenvalue weighted by atomic mass is 16.2. The van der Waals surface area contributed by atoms with Crippen molar-refractivity contribution in [3.63, 3.8) is 0 Å². The van der Waals surface area contributed by atoms with E-state index in [0.29, 0.717) is 12.3 Å². The van der Waals surface area contributed by atoms with Crippen molar-refractivity contribution in [2.75, 3.05) is 6.54 Å². The van der Waals surface area contributed by atoms with Gasteiger partial charge < -0.3 is 4.90 Å². The first-order valence-corrected chi connectivity index (χ1v) is 7.65. The molecule has 2 heteroatoms. The maximum absolute atomic E-state index is 12.3. The monoisotopic (exact) mass is 277 g/mol. The summed E-state index contributed by atoms with van der Waals surface area (Å²) in [4.78, 5) is 14.4. The molecule has 2 heterocycles. The van der Waals surface area contributed by atoms with Crippen molar-refractivity contribution >= 4 is 5.91 Å². The Morgan fingerprint density at radius 2 is 1.76 bits per heavy atom. The molecule has 1 saturated heterocycles. The molecule has 1 amide bonds. The third kappa shape index (κ3) is 1.75. The minimum absolute atomic E-state index is 0.112. The molecular formula is C19H19NO. The molecule has 2 aromatic carbocycles. The van der Waals surface area contributed by atoms with Gasteiger partial charge in [0.25, 0.3) is 0 Å². The average Bonchev–Trinajstić information content (AvgIpc) is 2.84. The van der Waals surface area contributed by atoms with Gasteiger partial charge in [0, 0.05) is 18.9 Å². The largest absolute Gasteiger partial charge is 0.332 e. The van der Waals surface area contributed by atoms with Gasteiger partial charge in [-0.15, -0.1) is 0 Å². The summed E-state index contributed by atoms with van der Waals surface area (Å²) in [6.45, 7) is 3.02. The van der Waals surface area contributed by atoms with Gasteiger partial charge in [-0.3, -0.25) is 4.79 Å². The Balaban J connectivity index is 1.90. The minimum Gasteiger partial charge on any atom is -0.332 e. The summed E-state index contributed by atoms with van der Waals surface area (Å²) in [6, 6.07) is 19.2. The smallest absolute Gasteiger partial charge is 0.223 e. The first kappa shape index (κ1) is 12.6. The number of fused-ring (bicyclic) bond motifs is 3. The Hall–Kier alpha value is -2.09. The maximum Gasteiger partial charge on any atom is 0.223 e. The summed E-state index contributed by atoms with van der Waals surface area (Å²) >= 11 is 0. The van der Waals surface area contributed by atoms with E-state index in [2.05, 4.69) is 60.4 Å². The normalized spacial score (nSPS) is 27.4.